The molecule has 0 aliphatic rings. The highest BCUT2D eigenvalue weighted by Gasteiger charge is 2.12. The lowest BCUT2D eigenvalue weighted by Crippen LogP contribution is -2.21. The number of amides is 3. The lowest BCUT2D eigenvalue weighted by atomic mass is 10.1. The van der Waals surface area contributed by atoms with E-state index in [2.05, 4.69) is 16.0 Å². The Bertz CT molecular complexity index is 1020. The molecule has 0 atom stereocenters. The van der Waals surface area contributed by atoms with Crippen molar-refractivity contribution in [1.29, 1.82) is 0 Å². The first-order valence-electron chi connectivity index (χ1n) is 9.58. The van der Waals surface area contributed by atoms with Crippen LogP contribution in [0.2, 0.25) is 0 Å². The number of hydrogen-bond acceptors (Lipinski definition) is 4. The standard InChI is InChI=1S/C23H24N4O3/c1-2-30-21-11-7-6-10-20(21)27-23(29)26-17-12-13-19(18(14-17)22(24)28)25-15-16-8-4-3-5-9-16/h3-14,25H,2,15H2,1H3,(H2,24,28)(H2,26,27,29). The van der Waals surface area contributed by atoms with Gasteiger partial charge in [0.2, 0.25) is 0 Å². The molecule has 0 radical (unpaired) electrons. The van der Waals surface area contributed by atoms with E-state index < -0.39 is 11.9 Å². The van der Waals surface area contributed by atoms with Gasteiger partial charge >= 0.3 is 6.03 Å². The van der Waals surface area contributed by atoms with Gasteiger partial charge in [-0.05, 0) is 42.8 Å². The third kappa shape index (κ3) is 5.51. The van der Waals surface area contributed by atoms with Gasteiger partial charge < -0.3 is 26.4 Å². The van der Waals surface area contributed by atoms with E-state index in [0.717, 1.165) is 5.56 Å². The minimum absolute atomic E-state index is 0.290. The Hall–Kier alpha value is -4.00. The summed E-state index contributed by atoms with van der Waals surface area (Å²) >= 11 is 0. The second kappa shape index (κ2) is 9.97. The molecular formula is C23H24N4O3. The Kier molecular flexibility index (Phi) is 6.89. The number of nitrogens with two attached hydrogens (primary N) is 1. The number of para-hydroxylation sites is 2. The van der Waals surface area contributed by atoms with E-state index in [9.17, 15) is 9.59 Å². The molecule has 154 valence electrons. The average Bonchev–Trinajstić information content (AvgIpc) is 2.75. The second-order valence-corrected chi connectivity index (χ2v) is 6.47. The van der Waals surface area contributed by atoms with Gasteiger partial charge in [-0.15, -0.1) is 0 Å². The summed E-state index contributed by atoms with van der Waals surface area (Å²) < 4.78 is 5.51. The number of carbonyl (C=O) groups is 2. The molecule has 0 bridgehead atoms. The smallest absolute Gasteiger partial charge is 0.323 e. The largest absolute Gasteiger partial charge is 0.492 e. The highest BCUT2D eigenvalue weighted by atomic mass is 16.5. The first-order valence-corrected chi connectivity index (χ1v) is 9.58. The van der Waals surface area contributed by atoms with Crippen LogP contribution in [0.1, 0.15) is 22.8 Å². The molecule has 0 saturated carbocycles. The number of carbonyl (C=O) groups excluding carboxylic acids is 2. The maximum absolute atomic E-state index is 12.4. The summed E-state index contributed by atoms with van der Waals surface area (Å²) in [6.45, 7) is 2.90. The number of primary amides is 1. The van der Waals surface area contributed by atoms with Gasteiger partial charge in [-0.2, -0.15) is 0 Å². The van der Waals surface area contributed by atoms with Crippen LogP contribution < -0.4 is 26.4 Å². The summed E-state index contributed by atoms with van der Waals surface area (Å²) in [5, 5.41) is 8.67. The van der Waals surface area contributed by atoms with Crippen molar-refractivity contribution in [1.82, 2.24) is 0 Å². The lowest BCUT2D eigenvalue weighted by molar-refractivity contribution is 0.100. The van der Waals surface area contributed by atoms with Crippen molar-refractivity contribution in [2.75, 3.05) is 22.6 Å². The van der Waals surface area contributed by atoms with Crippen LogP contribution in [0.3, 0.4) is 0 Å². The quantitative estimate of drug-likeness (QED) is 0.445. The molecule has 0 fully saturated rings. The van der Waals surface area contributed by atoms with Crippen LogP contribution in [-0.4, -0.2) is 18.5 Å². The van der Waals surface area contributed by atoms with E-state index in [4.69, 9.17) is 10.5 Å². The van der Waals surface area contributed by atoms with Gasteiger partial charge in [0.25, 0.3) is 5.91 Å². The summed E-state index contributed by atoms with van der Waals surface area (Å²) in [5.74, 6) is -0.00949. The Balaban J connectivity index is 1.70. The number of urea groups is 1. The molecule has 0 unspecified atom stereocenters. The molecule has 7 nitrogen and oxygen atoms in total. The van der Waals surface area contributed by atoms with Crippen molar-refractivity contribution in [3.05, 3.63) is 83.9 Å². The highest BCUT2D eigenvalue weighted by Crippen LogP contribution is 2.25. The summed E-state index contributed by atoms with van der Waals surface area (Å²) in [6, 6.07) is 21.5. The molecule has 0 heterocycles. The minimum atomic E-state index is -0.587. The van der Waals surface area contributed by atoms with Crippen molar-refractivity contribution in [3.63, 3.8) is 0 Å². The Labute approximate surface area is 175 Å². The topological polar surface area (TPSA) is 105 Å². The summed E-state index contributed by atoms with van der Waals surface area (Å²) in [4.78, 5) is 24.3. The van der Waals surface area contributed by atoms with Crippen LogP contribution in [0.15, 0.2) is 72.8 Å². The summed E-state index contributed by atoms with van der Waals surface area (Å²) in [5.41, 5.74) is 8.49. The van der Waals surface area contributed by atoms with Crippen molar-refractivity contribution in [3.8, 4) is 5.75 Å². The molecule has 0 aromatic heterocycles. The van der Waals surface area contributed by atoms with Crippen molar-refractivity contribution in [2.24, 2.45) is 5.73 Å². The predicted octanol–water partition coefficient (Wildman–Crippen LogP) is 4.44. The zero-order valence-corrected chi connectivity index (χ0v) is 16.6. The number of anilines is 3. The average molecular weight is 404 g/mol. The minimum Gasteiger partial charge on any atom is -0.492 e. The molecular weight excluding hydrogens is 380 g/mol. The normalized spacial score (nSPS) is 10.2. The van der Waals surface area contributed by atoms with Gasteiger partial charge in [0, 0.05) is 17.9 Å². The number of nitrogens with one attached hydrogen (secondary N) is 3. The number of hydrogen-bond donors (Lipinski definition) is 4. The predicted molar refractivity (Wildman–Crippen MR) is 119 cm³/mol. The maximum atomic E-state index is 12.4. The van der Waals surface area contributed by atoms with Crippen molar-refractivity contribution >= 4 is 29.0 Å². The van der Waals surface area contributed by atoms with Gasteiger partial charge in [0.15, 0.2) is 0 Å². The number of benzene rings is 3. The van der Waals surface area contributed by atoms with Crippen LogP contribution in [0.25, 0.3) is 0 Å². The SMILES string of the molecule is CCOc1ccccc1NC(=O)Nc1ccc(NCc2ccccc2)c(C(N)=O)c1. The monoisotopic (exact) mass is 404 g/mol. The first kappa shape index (κ1) is 20.7. The summed E-state index contributed by atoms with van der Waals surface area (Å²) in [7, 11) is 0. The maximum Gasteiger partial charge on any atom is 0.323 e. The fourth-order valence-corrected chi connectivity index (χ4v) is 2.91. The van der Waals surface area contributed by atoms with Crippen LogP contribution in [0, 0.1) is 0 Å². The van der Waals surface area contributed by atoms with Gasteiger partial charge in [-0.3, -0.25) is 4.79 Å². The molecule has 0 aliphatic carbocycles. The zero-order chi connectivity index (χ0) is 21.3. The zero-order valence-electron chi connectivity index (χ0n) is 16.6. The van der Waals surface area contributed by atoms with E-state index in [1.807, 2.05) is 43.3 Å². The third-order valence-corrected chi connectivity index (χ3v) is 4.30. The van der Waals surface area contributed by atoms with E-state index >= 15 is 0 Å². The molecule has 3 aromatic carbocycles. The van der Waals surface area contributed by atoms with E-state index in [-0.39, 0.29) is 0 Å². The molecule has 30 heavy (non-hydrogen) atoms. The molecule has 0 saturated heterocycles. The molecule has 3 aromatic rings. The fourth-order valence-electron chi connectivity index (χ4n) is 2.91. The van der Waals surface area contributed by atoms with Gasteiger partial charge in [0.05, 0.1) is 17.9 Å². The molecule has 3 amide bonds. The lowest BCUT2D eigenvalue weighted by Gasteiger charge is -2.14. The number of rotatable bonds is 8. The molecule has 5 N–H and O–H groups in total. The van der Waals surface area contributed by atoms with Gasteiger partial charge in [0.1, 0.15) is 5.75 Å². The number of ether oxygens (including phenoxy) is 1. The van der Waals surface area contributed by atoms with E-state index in [1.54, 1.807) is 36.4 Å². The van der Waals surface area contributed by atoms with Crippen molar-refractivity contribution in [2.45, 2.75) is 13.5 Å². The Morgan fingerprint density at radius 1 is 0.900 bits per heavy atom. The van der Waals surface area contributed by atoms with Crippen LogP contribution >= 0.6 is 0 Å². The molecule has 7 heteroatoms. The first-order chi connectivity index (χ1) is 14.6. The van der Waals surface area contributed by atoms with Crippen LogP contribution in [0.5, 0.6) is 5.75 Å². The van der Waals surface area contributed by atoms with Gasteiger partial charge in [-0.1, -0.05) is 42.5 Å². The van der Waals surface area contributed by atoms with Gasteiger partial charge in [-0.25, -0.2) is 4.79 Å². The Morgan fingerprint density at radius 2 is 1.63 bits per heavy atom. The van der Waals surface area contributed by atoms with E-state index in [0.29, 0.717) is 41.5 Å². The van der Waals surface area contributed by atoms with Crippen LogP contribution in [0.4, 0.5) is 21.9 Å². The third-order valence-electron chi connectivity index (χ3n) is 4.30. The highest BCUT2D eigenvalue weighted by molar-refractivity contribution is 6.03. The van der Waals surface area contributed by atoms with Crippen LogP contribution in [-0.2, 0) is 6.54 Å². The second-order valence-electron chi connectivity index (χ2n) is 6.47. The summed E-state index contributed by atoms with van der Waals surface area (Å²) in [6.07, 6.45) is 0. The molecule has 0 spiro atoms. The Morgan fingerprint density at radius 3 is 2.37 bits per heavy atom. The van der Waals surface area contributed by atoms with Crippen molar-refractivity contribution < 1.29 is 14.3 Å². The molecule has 3 rings (SSSR count). The fraction of sp³-hybridized carbons (Fsp3) is 0.130. The molecule has 0 aliphatic heterocycles. The van der Waals surface area contributed by atoms with E-state index in [1.165, 1.54) is 0 Å².